The molecule has 3 aromatic carbocycles. The summed E-state index contributed by atoms with van der Waals surface area (Å²) in [6.45, 7) is 4.31. The molecule has 4 aromatic rings. The van der Waals surface area contributed by atoms with Crippen molar-refractivity contribution in [3.05, 3.63) is 89.2 Å². The topological polar surface area (TPSA) is 72.7 Å². The summed E-state index contributed by atoms with van der Waals surface area (Å²) in [7, 11) is 0. The van der Waals surface area contributed by atoms with Gasteiger partial charge >= 0.3 is 6.36 Å². The van der Waals surface area contributed by atoms with Gasteiger partial charge in [0.2, 0.25) is 5.88 Å². The minimum Gasteiger partial charge on any atom is -0.472 e. The van der Waals surface area contributed by atoms with Gasteiger partial charge in [-0.05, 0) is 78.7 Å². The largest absolute Gasteiger partial charge is 0.573 e. The number of para-hydroxylation sites is 1. The zero-order chi connectivity index (χ0) is 26.9. The molecule has 194 valence electrons. The average molecular weight is 538 g/mol. The number of anilines is 1. The SMILES string of the molecule is Cc1cccc(C)c1NC(=S)NN=Cc1ccc2c(c1)COc1c-2ncn1-c1ccc(OC(F)(F)F)cc1. The first-order valence-electron chi connectivity index (χ1n) is 11.5. The third kappa shape index (κ3) is 5.47. The third-order valence-corrected chi connectivity index (χ3v) is 6.11. The molecule has 0 unspecified atom stereocenters. The molecule has 0 amide bonds. The summed E-state index contributed by atoms with van der Waals surface area (Å²) in [5.74, 6) is 0.208. The first kappa shape index (κ1) is 25.3. The van der Waals surface area contributed by atoms with Crippen molar-refractivity contribution in [1.29, 1.82) is 0 Å². The number of thiocarbonyl (C=S) groups is 1. The Kier molecular flexibility index (Phi) is 6.77. The van der Waals surface area contributed by atoms with Gasteiger partial charge in [-0.2, -0.15) is 5.10 Å². The van der Waals surface area contributed by atoms with Crippen LogP contribution in [0.4, 0.5) is 18.9 Å². The van der Waals surface area contributed by atoms with Crippen molar-refractivity contribution in [2.24, 2.45) is 5.10 Å². The minimum absolute atomic E-state index is 0.297. The van der Waals surface area contributed by atoms with Crippen LogP contribution in [0.5, 0.6) is 11.6 Å². The van der Waals surface area contributed by atoms with E-state index in [4.69, 9.17) is 17.0 Å². The molecular formula is C27H22F3N5O2S. The number of hydrogen-bond donors (Lipinski definition) is 2. The van der Waals surface area contributed by atoms with Crippen molar-refractivity contribution in [3.63, 3.8) is 0 Å². The Labute approximate surface area is 221 Å². The maximum atomic E-state index is 12.4. The van der Waals surface area contributed by atoms with Crippen molar-refractivity contribution in [2.75, 3.05) is 5.32 Å². The molecule has 0 spiro atoms. The van der Waals surface area contributed by atoms with E-state index >= 15 is 0 Å². The van der Waals surface area contributed by atoms with Crippen LogP contribution in [0.3, 0.4) is 0 Å². The van der Waals surface area contributed by atoms with E-state index in [2.05, 4.69) is 25.6 Å². The fourth-order valence-electron chi connectivity index (χ4n) is 4.16. The lowest BCUT2D eigenvalue weighted by molar-refractivity contribution is -0.274. The van der Waals surface area contributed by atoms with Crippen molar-refractivity contribution in [2.45, 2.75) is 26.8 Å². The lowest BCUT2D eigenvalue weighted by Gasteiger charge is -2.19. The van der Waals surface area contributed by atoms with Gasteiger partial charge in [-0.15, -0.1) is 13.2 Å². The minimum atomic E-state index is -4.74. The molecule has 0 saturated carbocycles. The van der Waals surface area contributed by atoms with Gasteiger partial charge < -0.3 is 14.8 Å². The molecule has 1 aromatic heterocycles. The number of ether oxygens (including phenoxy) is 2. The second-order valence-corrected chi connectivity index (χ2v) is 9.01. The molecule has 38 heavy (non-hydrogen) atoms. The van der Waals surface area contributed by atoms with Crippen LogP contribution in [0, 0.1) is 13.8 Å². The summed E-state index contributed by atoms with van der Waals surface area (Å²) in [5, 5.41) is 7.80. The highest BCUT2D eigenvalue weighted by molar-refractivity contribution is 7.80. The summed E-state index contributed by atoms with van der Waals surface area (Å²) in [5.41, 5.74) is 9.87. The van der Waals surface area contributed by atoms with E-state index in [0.29, 0.717) is 29.0 Å². The highest BCUT2D eigenvalue weighted by atomic mass is 32.1. The Morgan fingerprint density at radius 1 is 1.11 bits per heavy atom. The Hall–Kier alpha value is -4.38. The van der Waals surface area contributed by atoms with E-state index in [-0.39, 0.29) is 5.75 Å². The van der Waals surface area contributed by atoms with Gasteiger partial charge in [-0.1, -0.05) is 30.3 Å². The molecule has 11 heteroatoms. The van der Waals surface area contributed by atoms with Crippen molar-refractivity contribution < 1.29 is 22.6 Å². The van der Waals surface area contributed by atoms with Gasteiger partial charge in [0.1, 0.15) is 24.4 Å². The number of alkyl halides is 3. The van der Waals surface area contributed by atoms with E-state index in [9.17, 15) is 13.2 Å². The molecule has 2 heterocycles. The molecule has 0 atom stereocenters. The molecule has 5 rings (SSSR count). The Morgan fingerprint density at radius 3 is 2.55 bits per heavy atom. The van der Waals surface area contributed by atoms with E-state index < -0.39 is 6.36 Å². The van der Waals surface area contributed by atoms with Gasteiger partial charge in [0.05, 0.1) is 11.9 Å². The van der Waals surface area contributed by atoms with Crippen LogP contribution >= 0.6 is 12.2 Å². The van der Waals surface area contributed by atoms with Gasteiger partial charge in [-0.25, -0.2) is 4.98 Å². The second-order valence-electron chi connectivity index (χ2n) is 8.61. The molecule has 0 aliphatic carbocycles. The van der Waals surface area contributed by atoms with Crippen molar-refractivity contribution in [3.8, 4) is 28.6 Å². The number of nitrogens with one attached hydrogen (secondary N) is 2. The number of benzene rings is 3. The number of halogens is 3. The predicted octanol–water partition coefficient (Wildman–Crippen LogP) is 6.27. The van der Waals surface area contributed by atoms with Crippen LogP contribution < -0.4 is 20.2 Å². The summed E-state index contributed by atoms with van der Waals surface area (Å²) in [6.07, 6.45) is -1.51. The smallest absolute Gasteiger partial charge is 0.472 e. The van der Waals surface area contributed by atoms with Gasteiger partial charge in [0.15, 0.2) is 5.11 Å². The summed E-state index contributed by atoms with van der Waals surface area (Å²) in [6, 6.07) is 17.3. The van der Waals surface area contributed by atoms with E-state index in [1.165, 1.54) is 24.3 Å². The zero-order valence-corrected chi connectivity index (χ0v) is 21.2. The van der Waals surface area contributed by atoms with Crippen LogP contribution in [-0.2, 0) is 6.61 Å². The van der Waals surface area contributed by atoms with Gasteiger partial charge in [0.25, 0.3) is 0 Å². The fourth-order valence-corrected chi connectivity index (χ4v) is 4.32. The Bertz CT molecular complexity index is 1510. The van der Waals surface area contributed by atoms with E-state index in [1.54, 1.807) is 17.1 Å². The number of hydrogen-bond acceptors (Lipinski definition) is 5. The van der Waals surface area contributed by atoms with E-state index in [0.717, 1.165) is 33.5 Å². The van der Waals surface area contributed by atoms with Crippen molar-refractivity contribution in [1.82, 2.24) is 15.0 Å². The first-order chi connectivity index (χ1) is 18.2. The molecule has 1 aliphatic rings. The first-order valence-corrected chi connectivity index (χ1v) is 11.9. The van der Waals surface area contributed by atoms with Crippen molar-refractivity contribution >= 4 is 29.2 Å². The summed E-state index contributed by atoms with van der Waals surface area (Å²) < 4.78 is 48.9. The normalized spacial score (nSPS) is 12.4. The summed E-state index contributed by atoms with van der Waals surface area (Å²) >= 11 is 5.36. The zero-order valence-electron chi connectivity index (χ0n) is 20.3. The van der Waals surface area contributed by atoms with Crippen LogP contribution in [0.1, 0.15) is 22.3 Å². The lowest BCUT2D eigenvalue weighted by Crippen LogP contribution is -2.24. The highest BCUT2D eigenvalue weighted by Crippen LogP contribution is 2.38. The number of aryl methyl sites for hydroxylation is 2. The van der Waals surface area contributed by atoms with Crippen LogP contribution in [0.15, 0.2) is 72.1 Å². The number of fused-ring (bicyclic) bond motifs is 3. The Balaban J connectivity index is 1.28. The molecule has 0 fully saturated rings. The lowest BCUT2D eigenvalue weighted by atomic mass is 10.0. The number of rotatable bonds is 5. The number of aromatic nitrogens is 2. The molecule has 0 radical (unpaired) electrons. The predicted molar refractivity (Wildman–Crippen MR) is 143 cm³/mol. The molecule has 0 bridgehead atoms. The van der Waals surface area contributed by atoms with E-state index in [1.807, 2.05) is 50.2 Å². The average Bonchev–Trinajstić information content (AvgIpc) is 3.30. The molecular weight excluding hydrogens is 515 g/mol. The number of nitrogens with zero attached hydrogens (tertiary/aromatic N) is 3. The molecule has 1 aliphatic heterocycles. The monoisotopic (exact) mass is 537 g/mol. The second kappa shape index (κ2) is 10.2. The van der Waals surface area contributed by atoms with Crippen LogP contribution in [0.2, 0.25) is 0 Å². The van der Waals surface area contributed by atoms with Gasteiger partial charge in [0, 0.05) is 11.3 Å². The fraction of sp³-hybridized carbons (Fsp3) is 0.148. The van der Waals surface area contributed by atoms with Gasteiger partial charge in [-0.3, -0.25) is 9.99 Å². The van der Waals surface area contributed by atoms with Crippen LogP contribution in [-0.4, -0.2) is 27.2 Å². The third-order valence-electron chi connectivity index (χ3n) is 5.92. The quantitative estimate of drug-likeness (QED) is 0.178. The number of imidazole rings is 1. The Morgan fingerprint density at radius 2 is 1.84 bits per heavy atom. The molecule has 2 N–H and O–H groups in total. The maximum absolute atomic E-state index is 12.4. The molecule has 7 nitrogen and oxygen atoms in total. The summed E-state index contributed by atoms with van der Waals surface area (Å²) in [4.78, 5) is 4.48. The number of hydrazone groups is 1. The standard InChI is InChI=1S/C27H22F3N5O2S/c1-16-4-3-5-17(2)23(16)33-26(38)34-32-13-18-6-11-22-19(12-18)14-36-25-24(22)31-15-35(25)20-7-9-21(10-8-20)37-27(28,29)30/h3-13,15H,14H2,1-2H3,(H2,33,34,38). The highest BCUT2D eigenvalue weighted by Gasteiger charge is 2.31. The maximum Gasteiger partial charge on any atom is 0.573 e. The van der Waals surface area contributed by atoms with Crippen LogP contribution in [0.25, 0.3) is 16.9 Å². The molecule has 0 saturated heterocycles.